The fraction of sp³-hybridized carbons (Fsp3) is 0.722. The van der Waals surface area contributed by atoms with Gasteiger partial charge in [-0.3, -0.25) is 4.79 Å². The highest BCUT2D eigenvalue weighted by molar-refractivity contribution is 5.82. The Morgan fingerprint density at radius 3 is 2.51 bits per heavy atom. The van der Waals surface area contributed by atoms with Crippen molar-refractivity contribution in [3.8, 4) is 0 Å². The topological polar surface area (TPSA) is 176 Å². The van der Waals surface area contributed by atoms with Crippen LogP contribution in [0.3, 0.4) is 0 Å². The fourth-order valence-electron chi connectivity index (χ4n) is 6.40. The van der Waals surface area contributed by atoms with E-state index in [2.05, 4.69) is 22.0 Å². The van der Waals surface area contributed by atoms with Crippen LogP contribution >= 0.6 is 0 Å². The zero-order valence-electron chi connectivity index (χ0n) is 29.3. The Kier molecular flexibility index (Phi) is 18.4. The molecular formula is C36H56N2O11. The highest BCUT2D eigenvalue weighted by Crippen LogP contribution is 2.31. The van der Waals surface area contributed by atoms with Crippen molar-refractivity contribution in [1.29, 1.82) is 0 Å². The van der Waals surface area contributed by atoms with Gasteiger partial charge in [-0.15, -0.1) is 0 Å². The lowest BCUT2D eigenvalue weighted by molar-refractivity contribution is -0.164. The number of aliphatic hydroxyl groups excluding tert-OH is 1. The summed E-state index contributed by atoms with van der Waals surface area (Å²) >= 11 is 0. The van der Waals surface area contributed by atoms with E-state index in [0.717, 1.165) is 44.9 Å². The van der Waals surface area contributed by atoms with Gasteiger partial charge in [-0.05, 0) is 63.9 Å². The van der Waals surface area contributed by atoms with Gasteiger partial charge in [0, 0.05) is 32.6 Å². The lowest BCUT2D eigenvalue weighted by Gasteiger charge is -2.37. The van der Waals surface area contributed by atoms with Gasteiger partial charge in [0.1, 0.15) is 12.4 Å². The molecule has 0 bridgehead atoms. The summed E-state index contributed by atoms with van der Waals surface area (Å²) in [5.41, 5.74) is 0.712. The van der Waals surface area contributed by atoms with Crippen LogP contribution in [0.15, 0.2) is 28.9 Å². The maximum absolute atomic E-state index is 12.7. The molecule has 0 radical (unpaired) electrons. The van der Waals surface area contributed by atoms with Crippen molar-refractivity contribution in [3.05, 3.63) is 36.1 Å². The van der Waals surface area contributed by atoms with Gasteiger partial charge in [-0.1, -0.05) is 38.3 Å². The fourth-order valence-corrected chi connectivity index (χ4v) is 6.40. The van der Waals surface area contributed by atoms with Crippen LogP contribution < -0.4 is 5.32 Å². The second-order valence-electron chi connectivity index (χ2n) is 12.9. The number of esters is 1. The molecule has 1 amide bonds. The van der Waals surface area contributed by atoms with Gasteiger partial charge in [0.15, 0.2) is 0 Å². The molecule has 2 aliphatic rings. The average Bonchev–Trinajstić information content (AvgIpc) is 3.52. The van der Waals surface area contributed by atoms with Crippen molar-refractivity contribution < 1.29 is 52.7 Å². The van der Waals surface area contributed by atoms with Crippen molar-refractivity contribution >= 4 is 24.1 Å². The van der Waals surface area contributed by atoms with E-state index in [1.807, 2.05) is 0 Å². The Morgan fingerprint density at radius 2 is 1.78 bits per heavy atom. The van der Waals surface area contributed by atoms with Gasteiger partial charge >= 0.3 is 18.0 Å². The van der Waals surface area contributed by atoms with Gasteiger partial charge in [0.05, 0.1) is 55.8 Å². The molecule has 2 unspecified atom stereocenters. The third-order valence-corrected chi connectivity index (χ3v) is 8.82. The molecule has 7 atom stereocenters. The molecule has 3 N–H and O–H groups in total. The van der Waals surface area contributed by atoms with Gasteiger partial charge in [-0.2, -0.15) is 0 Å². The number of carboxylic acid groups (broad SMARTS) is 1. The van der Waals surface area contributed by atoms with Crippen molar-refractivity contribution in [1.82, 2.24) is 10.3 Å². The summed E-state index contributed by atoms with van der Waals surface area (Å²) in [6, 6.07) is 0. The Balaban J connectivity index is 1.45. The van der Waals surface area contributed by atoms with E-state index in [0.29, 0.717) is 56.5 Å². The van der Waals surface area contributed by atoms with E-state index in [4.69, 9.17) is 23.4 Å². The maximum atomic E-state index is 12.7. The standard InChI is InChI=1S/C36H56N2O11/c1-4-5-6-12-26(39)18-27-13-9-14-28(47-27)19-29(44-2)20-30-21-31(22-32(48-30)23-34(40)41)49-35(42)16-8-7-11-25-24-46-33(38-25)15-10-17-37-36(43)45-3/h8,10,15-16,24,26-32,39H,4-7,9,11-14,17-23H2,1-3H3,(H,37,43)(H,40,41)/b15-10-,16-8-/t26-,27-,28?,29+,30?,31+,32-/m0/s1. The van der Waals surface area contributed by atoms with Gasteiger partial charge < -0.3 is 43.6 Å². The van der Waals surface area contributed by atoms with E-state index in [1.165, 1.54) is 19.4 Å². The van der Waals surface area contributed by atoms with Crippen LogP contribution in [0.25, 0.3) is 6.08 Å². The first-order chi connectivity index (χ1) is 23.7. The number of unbranched alkanes of at least 4 members (excludes halogenated alkanes) is 2. The number of hydrogen-bond acceptors (Lipinski definition) is 11. The highest BCUT2D eigenvalue weighted by atomic mass is 16.6. The first-order valence-corrected chi connectivity index (χ1v) is 17.7. The number of aromatic nitrogens is 1. The van der Waals surface area contributed by atoms with E-state index in [-0.39, 0.29) is 43.5 Å². The minimum atomic E-state index is -0.971. The molecule has 0 saturated carbocycles. The molecule has 1 aromatic rings. The van der Waals surface area contributed by atoms with Crippen molar-refractivity contribution in [3.63, 3.8) is 0 Å². The second-order valence-corrected chi connectivity index (χ2v) is 12.9. The zero-order chi connectivity index (χ0) is 35.4. The van der Waals surface area contributed by atoms with Crippen LogP contribution in [-0.2, 0) is 39.7 Å². The SMILES string of the molecule is CCCCC[C@H](O)C[C@@H]1CCCC(C[C@H](CC2C[C@@H](OC(=O)/C=C\CCc3coc(/C=C\CNC(=O)OC)n3)C[C@@H](CC(=O)O)O2)OC)O1. The number of aliphatic carboxylic acids is 1. The summed E-state index contributed by atoms with van der Waals surface area (Å²) in [5.74, 6) is -1.07. The summed E-state index contributed by atoms with van der Waals surface area (Å²) in [7, 11) is 2.95. The number of nitrogens with zero attached hydrogens (tertiary/aromatic N) is 1. The van der Waals surface area contributed by atoms with Crippen LogP contribution in [0, 0.1) is 0 Å². The minimum Gasteiger partial charge on any atom is -0.481 e. The molecule has 0 spiro atoms. The van der Waals surface area contributed by atoms with Crippen LogP contribution in [-0.4, -0.2) is 96.7 Å². The predicted molar refractivity (Wildman–Crippen MR) is 181 cm³/mol. The van der Waals surface area contributed by atoms with E-state index >= 15 is 0 Å². The molecule has 2 saturated heterocycles. The van der Waals surface area contributed by atoms with Crippen molar-refractivity contribution in [2.75, 3.05) is 20.8 Å². The molecule has 49 heavy (non-hydrogen) atoms. The summed E-state index contributed by atoms with van der Waals surface area (Å²) < 4.78 is 34.0. The number of hydrogen-bond donors (Lipinski definition) is 3. The maximum Gasteiger partial charge on any atom is 0.407 e. The average molecular weight is 693 g/mol. The molecule has 13 heteroatoms. The van der Waals surface area contributed by atoms with Crippen LogP contribution in [0.2, 0.25) is 0 Å². The molecule has 3 heterocycles. The number of aryl methyl sites for hydroxylation is 1. The molecule has 0 aliphatic carbocycles. The number of carbonyl (C=O) groups excluding carboxylic acids is 2. The van der Waals surface area contributed by atoms with Crippen LogP contribution in [0.4, 0.5) is 4.79 Å². The number of carboxylic acids is 1. The van der Waals surface area contributed by atoms with Crippen LogP contribution in [0.5, 0.6) is 0 Å². The number of amides is 1. The molecule has 2 aliphatic heterocycles. The largest absolute Gasteiger partial charge is 0.481 e. The predicted octanol–water partition coefficient (Wildman–Crippen LogP) is 5.53. The Bertz CT molecular complexity index is 1190. The quantitative estimate of drug-likeness (QED) is 0.0836. The minimum absolute atomic E-state index is 0.0133. The molecule has 1 aromatic heterocycles. The molecule has 3 rings (SSSR count). The molecular weight excluding hydrogens is 636 g/mol. The lowest BCUT2D eigenvalue weighted by atomic mass is 9.92. The smallest absolute Gasteiger partial charge is 0.407 e. The highest BCUT2D eigenvalue weighted by Gasteiger charge is 2.35. The number of alkyl carbamates (subject to hydrolysis) is 1. The van der Waals surface area contributed by atoms with E-state index < -0.39 is 30.2 Å². The number of allylic oxidation sites excluding steroid dienone is 1. The molecule has 276 valence electrons. The number of nitrogens with one attached hydrogen (secondary N) is 1. The number of oxazole rings is 1. The number of carbonyl (C=O) groups is 3. The lowest BCUT2D eigenvalue weighted by Crippen LogP contribution is -2.41. The first-order valence-electron chi connectivity index (χ1n) is 17.7. The number of ether oxygens (including phenoxy) is 5. The van der Waals surface area contributed by atoms with Crippen molar-refractivity contribution in [2.45, 2.75) is 146 Å². The number of rotatable bonds is 21. The Hall–Kier alpha value is -3.26. The zero-order valence-corrected chi connectivity index (χ0v) is 29.3. The molecule has 2 fully saturated rings. The van der Waals surface area contributed by atoms with Crippen molar-refractivity contribution in [2.24, 2.45) is 0 Å². The third-order valence-electron chi connectivity index (χ3n) is 8.82. The number of aliphatic hydroxyl groups is 1. The third kappa shape index (κ3) is 16.3. The van der Waals surface area contributed by atoms with E-state index in [9.17, 15) is 24.6 Å². The summed E-state index contributed by atoms with van der Waals surface area (Å²) in [4.78, 5) is 39.7. The normalized spacial score (nSPS) is 24.1. The summed E-state index contributed by atoms with van der Waals surface area (Å²) in [5, 5.41) is 22.4. The second kappa shape index (κ2) is 22.5. The monoisotopic (exact) mass is 692 g/mol. The van der Waals surface area contributed by atoms with E-state index in [1.54, 1.807) is 25.3 Å². The molecule has 13 nitrogen and oxygen atoms in total. The molecule has 0 aromatic carbocycles. The Labute approximate surface area is 289 Å². The first kappa shape index (κ1) is 40.2. The summed E-state index contributed by atoms with van der Waals surface area (Å²) in [6.07, 6.45) is 16.0. The number of methoxy groups -OCH3 is 2. The van der Waals surface area contributed by atoms with Gasteiger partial charge in [-0.25, -0.2) is 14.6 Å². The summed E-state index contributed by atoms with van der Waals surface area (Å²) in [6.45, 7) is 2.43. The van der Waals surface area contributed by atoms with Gasteiger partial charge in [0.2, 0.25) is 5.89 Å². The van der Waals surface area contributed by atoms with Crippen LogP contribution in [0.1, 0.15) is 108 Å². The Morgan fingerprint density at radius 1 is 1.04 bits per heavy atom. The van der Waals surface area contributed by atoms with Gasteiger partial charge in [0.25, 0.3) is 0 Å².